The SMILES string of the molecule is OC1CCCc2c1ccn2-c1c(F)cc(F)cc1F. The first kappa shape index (κ1) is 12.3. The van der Waals surface area contributed by atoms with E-state index in [9.17, 15) is 18.3 Å². The molecule has 1 aliphatic rings. The van der Waals surface area contributed by atoms with Crippen LogP contribution < -0.4 is 0 Å². The van der Waals surface area contributed by atoms with Gasteiger partial charge in [-0.1, -0.05) is 0 Å². The molecule has 0 spiro atoms. The quantitative estimate of drug-likeness (QED) is 0.843. The summed E-state index contributed by atoms with van der Waals surface area (Å²) in [5, 5.41) is 9.84. The van der Waals surface area contributed by atoms with Gasteiger partial charge in [0.2, 0.25) is 0 Å². The van der Waals surface area contributed by atoms with Crippen LogP contribution >= 0.6 is 0 Å². The smallest absolute Gasteiger partial charge is 0.153 e. The normalized spacial score (nSPS) is 18.4. The largest absolute Gasteiger partial charge is 0.388 e. The molecule has 0 saturated carbocycles. The van der Waals surface area contributed by atoms with Crippen LogP contribution in [0.3, 0.4) is 0 Å². The van der Waals surface area contributed by atoms with E-state index in [1.807, 2.05) is 0 Å². The number of aromatic nitrogens is 1. The average Bonchev–Trinajstić information content (AvgIpc) is 2.73. The minimum Gasteiger partial charge on any atom is -0.388 e. The van der Waals surface area contributed by atoms with Crippen molar-refractivity contribution in [3.05, 3.63) is 53.1 Å². The van der Waals surface area contributed by atoms with Crippen molar-refractivity contribution in [2.75, 3.05) is 0 Å². The molecular weight excluding hydrogens is 255 g/mol. The van der Waals surface area contributed by atoms with Gasteiger partial charge in [0.05, 0.1) is 6.10 Å². The van der Waals surface area contributed by atoms with Crippen LogP contribution in [0.2, 0.25) is 0 Å². The van der Waals surface area contributed by atoms with Gasteiger partial charge in [0.1, 0.15) is 11.5 Å². The third-order valence-electron chi connectivity index (χ3n) is 3.50. The molecule has 1 aliphatic carbocycles. The van der Waals surface area contributed by atoms with E-state index < -0.39 is 23.6 Å². The molecule has 1 heterocycles. The predicted molar refractivity (Wildman–Crippen MR) is 63.5 cm³/mol. The molecule has 0 aliphatic heterocycles. The molecule has 3 rings (SSSR count). The number of aliphatic hydroxyl groups excluding tert-OH is 1. The van der Waals surface area contributed by atoms with Gasteiger partial charge in [0, 0.05) is 29.6 Å². The van der Waals surface area contributed by atoms with Crippen molar-refractivity contribution in [1.82, 2.24) is 4.57 Å². The first-order chi connectivity index (χ1) is 9.08. The monoisotopic (exact) mass is 267 g/mol. The lowest BCUT2D eigenvalue weighted by molar-refractivity contribution is 0.156. The highest BCUT2D eigenvalue weighted by atomic mass is 19.1. The fraction of sp³-hybridized carbons (Fsp3) is 0.286. The Balaban J connectivity index is 2.19. The molecule has 19 heavy (non-hydrogen) atoms. The van der Waals surface area contributed by atoms with E-state index in [0.29, 0.717) is 36.2 Å². The highest BCUT2D eigenvalue weighted by molar-refractivity contribution is 5.42. The Kier molecular flexibility index (Phi) is 2.86. The van der Waals surface area contributed by atoms with Gasteiger partial charge in [0.25, 0.3) is 0 Å². The Morgan fingerprint density at radius 1 is 1.16 bits per heavy atom. The van der Waals surface area contributed by atoms with Gasteiger partial charge in [-0.2, -0.15) is 0 Å². The summed E-state index contributed by atoms with van der Waals surface area (Å²) in [5.74, 6) is -2.84. The maximum absolute atomic E-state index is 13.8. The summed E-state index contributed by atoms with van der Waals surface area (Å²) in [6.45, 7) is 0. The summed E-state index contributed by atoms with van der Waals surface area (Å²) in [6.07, 6.45) is 2.94. The maximum Gasteiger partial charge on any atom is 0.153 e. The molecule has 0 fully saturated rings. The van der Waals surface area contributed by atoms with Crippen LogP contribution in [0.25, 0.3) is 5.69 Å². The summed E-state index contributed by atoms with van der Waals surface area (Å²) >= 11 is 0. The minimum atomic E-state index is -0.948. The highest BCUT2D eigenvalue weighted by Crippen LogP contribution is 2.33. The lowest BCUT2D eigenvalue weighted by atomic mass is 9.95. The van der Waals surface area contributed by atoms with E-state index in [4.69, 9.17) is 0 Å². The number of hydrogen-bond donors (Lipinski definition) is 1. The van der Waals surface area contributed by atoms with Crippen molar-refractivity contribution < 1.29 is 18.3 Å². The summed E-state index contributed by atoms with van der Waals surface area (Å²) < 4.78 is 41.8. The third kappa shape index (κ3) is 1.94. The average molecular weight is 267 g/mol. The lowest BCUT2D eigenvalue weighted by Crippen LogP contribution is -2.12. The molecule has 1 unspecified atom stereocenters. The van der Waals surface area contributed by atoms with E-state index in [-0.39, 0.29) is 5.69 Å². The van der Waals surface area contributed by atoms with Crippen molar-refractivity contribution in [2.45, 2.75) is 25.4 Å². The molecule has 5 heteroatoms. The third-order valence-corrected chi connectivity index (χ3v) is 3.50. The maximum atomic E-state index is 13.8. The van der Waals surface area contributed by atoms with Gasteiger partial charge in [0.15, 0.2) is 11.6 Å². The van der Waals surface area contributed by atoms with Gasteiger partial charge in [-0.05, 0) is 25.3 Å². The van der Waals surface area contributed by atoms with Crippen LogP contribution in [-0.4, -0.2) is 9.67 Å². The van der Waals surface area contributed by atoms with Crippen LogP contribution in [0, 0.1) is 17.5 Å². The second-order valence-electron chi connectivity index (χ2n) is 4.71. The van der Waals surface area contributed by atoms with E-state index in [1.165, 1.54) is 10.8 Å². The molecule has 1 atom stereocenters. The standard InChI is InChI=1S/C14H12F3NO/c15-8-6-10(16)14(11(17)7-8)18-5-4-9-12(18)2-1-3-13(9)19/h4-7,13,19H,1-3H2. The molecule has 0 amide bonds. The zero-order chi connectivity index (χ0) is 13.6. The number of halogens is 3. The Hall–Kier alpha value is -1.75. The molecule has 1 aromatic heterocycles. The number of nitrogens with zero attached hydrogens (tertiary/aromatic N) is 1. The topological polar surface area (TPSA) is 25.2 Å². The summed E-state index contributed by atoms with van der Waals surface area (Å²) in [4.78, 5) is 0. The van der Waals surface area contributed by atoms with Crippen molar-refractivity contribution in [3.8, 4) is 5.69 Å². The Labute approximate surface area is 108 Å². The van der Waals surface area contributed by atoms with Crippen LogP contribution in [-0.2, 0) is 6.42 Å². The number of hydrogen-bond acceptors (Lipinski definition) is 1. The van der Waals surface area contributed by atoms with Crippen LogP contribution in [0.1, 0.15) is 30.2 Å². The fourth-order valence-corrected chi connectivity index (χ4v) is 2.64. The molecule has 0 bridgehead atoms. The van der Waals surface area contributed by atoms with Gasteiger partial charge in [-0.25, -0.2) is 13.2 Å². The van der Waals surface area contributed by atoms with Crippen LogP contribution in [0.5, 0.6) is 0 Å². The second kappa shape index (κ2) is 4.42. The first-order valence-electron chi connectivity index (χ1n) is 6.11. The highest BCUT2D eigenvalue weighted by Gasteiger charge is 2.24. The van der Waals surface area contributed by atoms with Crippen molar-refractivity contribution in [2.24, 2.45) is 0 Å². The van der Waals surface area contributed by atoms with Crippen LogP contribution in [0.4, 0.5) is 13.2 Å². The zero-order valence-corrected chi connectivity index (χ0v) is 10.0. The van der Waals surface area contributed by atoms with Gasteiger partial charge >= 0.3 is 0 Å². The van der Waals surface area contributed by atoms with E-state index in [1.54, 1.807) is 6.07 Å². The molecule has 1 aromatic carbocycles. The summed E-state index contributed by atoms with van der Waals surface area (Å²) in [6, 6.07) is 2.97. The fourth-order valence-electron chi connectivity index (χ4n) is 2.64. The number of aliphatic hydroxyl groups is 1. The molecule has 2 aromatic rings. The lowest BCUT2D eigenvalue weighted by Gasteiger charge is -2.20. The van der Waals surface area contributed by atoms with Crippen LogP contribution in [0.15, 0.2) is 24.4 Å². The molecule has 1 N–H and O–H groups in total. The van der Waals surface area contributed by atoms with E-state index >= 15 is 0 Å². The number of benzene rings is 1. The number of fused-ring (bicyclic) bond motifs is 1. The Bertz CT molecular complexity index is 613. The van der Waals surface area contributed by atoms with E-state index in [2.05, 4.69) is 0 Å². The molecule has 0 saturated heterocycles. The Morgan fingerprint density at radius 2 is 1.84 bits per heavy atom. The van der Waals surface area contributed by atoms with Crippen molar-refractivity contribution in [1.29, 1.82) is 0 Å². The minimum absolute atomic E-state index is 0.295. The predicted octanol–water partition coefficient (Wildman–Crippen LogP) is 3.26. The van der Waals surface area contributed by atoms with E-state index in [0.717, 1.165) is 6.42 Å². The van der Waals surface area contributed by atoms with Gasteiger partial charge in [-0.3, -0.25) is 0 Å². The summed E-state index contributed by atoms with van der Waals surface area (Å²) in [7, 11) is 0. The molecular formula is C14H12F3NO. The molecule has 2 nitrogen and oxygen atoms in total. The Morgan fingerprint density at radius 3 is 2.53 bits per heavy atom. The zero-order valence-electron chi connectivity index (χ0n) is 10.0. The molecule has 0 radical (unpaired) electrons. The molecule has 100 valence electrons. The van der Waals surface area contributed by atoms with Crippen molar-refractivity contribution >= 4 is 0 Å². The van der Waals surface area contributed by atoms with Gasteiger partial charge < -0.3 is 9.67 Å². The number of rotatable bonds is 1. The van der Waals surface area contributed by atoms with Gasteiger partial charge in [-0.15, -0.1) is 0 Å². The second-order valence-corrected chi connectivity index (χ2v) is 4.71. The first-order valence-corrected chi connectivity index (χ1v) is 6.11. The summed E-state index contributed by atoms with van der Waals surface area (Å²) in [5.41, 5.74) is 1.08. The van der Waals surface area contributed by atoms with Crippen molar-refractivity contribution in [3.63, 3.8) is 0 Å².